The van der Waals surface area contributed by atoms with Gasteiger partial charge in [0.1, 0.15) is 5.65 Å². The van der Waals surface area contributed by atoms with Crippen LogP contribution in [0.4, 0.5) is 0 Å². The second-order valence-corrected chi connectivity index (χ2v) is 6.54. The number of nitrogens with zero attached hydrogens (tertiary/aromatic N) is 6. The summed E-state index contributed by atoms with van der Waals surface area (Å²) in [6.07, 6.45) is 4.08. The van der Waals surface area contributed by atoms with Gasteiger partial charge >= 0.3 is 0 Å². The summed E-state index contributed by atoms with van der Waals surface area (Å²) in [5.74, 6) is 1.39. The lowest BCUT2D eigenvalue weighted by molar-refractivity contribution is 0.885. The molecule has 4 aromatic rings. The van der Waals surface area contributed by atoms with Gasteiger partial charge in [0.25, 0.3) is 5.78 Å². The van der Waals surface area contributed by atoms with Crippen LogP contribution in [0.1, 0.15) is 22.6 Å². The number of imidazole rings is 1. The number of fused-ring (bicyclic) bond motifs is 2. The van der Waals surface area contributed by atoms with E-state index >= 15 is 0 Å². The molecule has 23 heavy (non-hydrogen) atoms. The van der Waals surface area contributed by atoms with Gasteiger partial charge in [-0.1, -0.05) is 17.8 Å². The quantitative estimate of drug-likeness (QED) is 0.542. The summed E-state index contributed by atoms with van der Waals surface area (Å²) in [5, 5.41) is 9.27. The maximum atomic E-state index is 4.70. The highest BCUT2D eigenvalue weighted by molar-refractivity contribution is 7.98. The highest BCUT2D eigenvalue weighted by Crippen LogP contribution is 2.23. The van der Waals surface area contributed by atoms with E-state index in [9.17, 15) is 0 Å². The molecule has 0 saturated heterocycles. The third-order valence-corrected chi connectivity index (χ3v) is 4.70. The second-order valence-electron chi connectivity index (χ2n) is 5.60. The first-order valence-electron chi connectivity index (χ1n) is 7.37. The summed E-state index contributed by atoms with van der Waals surface area (Å²) in [5.41, 5.74) is 5.24. The molecule has 116 valence electrons. The number of thioether (sulfide) groups is 1. The summed E-state index contributed by atoms with van der Waals surface area (Å²) >= 11 is 1.62. The van der Waals surface area contributed by atoms with E-state index in [0.717, 1.165) is 33.6 Å². The number of hydrogen-bond donors (Lipinski definition) is 0. The van der Waals surface area contributed by atoms with Crippen LogP contribution in [0.15, 0.2) is 35.7 Å². The zero-order valence-electron chi connectivity index (χ0n) is 13.2. The van der Waals surface area contributed by atoms with Gasteiger partial charge in [-0.15, -0.1) is 10.2 Å². The van der Waals surface area contributed by atoms with Crippen molar-refractivity contribution in [2.45, 2.75) is 31.7 Å². The Bertz CT molecular complexity index is 1020. The molecule has 0 bridgehead atoms. The van der Waals surface area contributed by atoms with E-state index in [1.165, 1.54) is 5.56 Å². The molecule has 0 aliphatic heterocycles. The molecular weight excluding hydrogens is 308 g/mol. The number of aromatic nitrogens is 6. The predicted octanol–water partition coefficient (Wildman–Crippen LogP) is 2.99. The Morgan fingerprint density at radius 1 is 1.13 bits per heavy atom. The maximum Gasteiger partial charge on any atom is 0.256 e. The fourth-order valence-corrected chi connectivity index (χ4v) is 3.58. The SMILES string of the molecule is Cc1cc(C)n2c(SCc3cn4cccc(C)c4n3)nnc2n1. The molecule has 4 rings (SSSR count). The molecule has 0 unspecified atom stereocenters. The summed E-state index contributed by atoms with van der Waals surface area (Å²) in [6.45, 7) is 6.08. The third kappa shape index (κ3) is 2.46. The van der Waals surface area contributed by atoms with Gasteiger partial charge in [-0.2, -0.15) is 0 Å². The lowest BCUT2D eigenvalue weighted by atomic mass is 10.3. The molecule has 6 nitrogen and oxygen atoms in total. The molecule has 4 aromatic heterocycles. The first kappa shape index (κ1) is 14.2. The fourth-order valence-electron chi connectivity index (χ4n) is 2.71. The van der Waals surface area contributed by atoms with Crippen molar-refractivity contribution in [3.05, 3.63) is 53.2 Å². The van der Waals surface area contributed by atoms with E-state index in [1.807, 2.05) is 36.6 Å². The van der Waals surface area contributed by atoms with Gasteiger partial charge < -0.3 is 4.40 Å². The smallest absolute Gasteiger partial charge is 0.256 e. The van der Waals surface area contributed by atoms with Crippen molar-refractivity contribution in [2.24, 2.45) is 0 Å². The van der Waals surface area contributed by atoms with E-state index in [-0.39, 0.29) is 0 Å². The van der Waals surface area contributed by atoms with Gasteiger partial charge in [0.15, 0.2) is 5.16 Å². The lowest BCUT2D eigenvalue weighted by Gasteiger charge is -2.03. The molecule has 4 heterocycles. The largest absolute Gasteiger partial charge is 0.307 e. The number of aryl methyl sites for hydroxylation is 3. The number of hydrogen-bond acceptors (Lipinski definition) is 5. The van der Waals surface area contributed by atoms with Gasteiger partial charge in [0.05, 0.1) is 5.69 Å². The average molecular weight is 324 g/mol. The van der Waals surface area contributed by atoms with E-state index in [2.05, 4.69) is 38.8 Å². The average Bonchev–Trinajstić information content (AvgIpc) is 3.09. The Morgan fingerprint density at radius 3 is 2.83 bits per heavy atom. The molecule has 0 atom stereocenters. The summed E-state index contributed by atoms with van der Waals surface area (Å²) in [4.78, 5) is 9.11. The fraction of sp³-hybridized carbons (Fsp3) is 0.250. The van der Waals surface area contributed by atoms with E-state index in [4.69, 9.17) is 4.98 Å². The van der Waals surface area contributed by atoms with Crippen molar-refractivity contribution in [3.63, 3.8) is 0 Å². The van der Waals surface area contributed by atoms with Crippen molar-refractivity contribution in [1.82, 2.24) is 29.0 Å². The van der Waals surface area contributed by atoms with Crippen LogP contribution in [0.2, 0.25) is 0 Å². The van der Waals surface area contributed by atoms with Crippen molar-refractivity contribution in [1.29, 1.82) is 0 Å². The normalized spacial score (nSPS) is 11.6. The summed E-state index contributed by atoms with van der Waals surface area (Å²) < 4.78 is 4.04. The van der Waals surface area contributed by atoms with Gasteiger partial charge in [0.2, 0.25) is 0 Å². The van der Waals surface area contributed by atoms with Gasteiger partial charge in [0, 0.05) is 29.5 Å². The van der Waals surface area contributed by atoms with E-state index in [1.54, 1.807) is 11.8 Å². The Labute approximate surface area is 137 Å². The van der Waals surface area contributed by atoms with Crippen LogP contribution < -0.4 is 0 Å². The first-order valence-corrected chi connectivity index (χ1v) is 8.36. The minimum atomic E-state index is 0.649. The Morgan fingerprint density at radius 2 is 2.00 bits per heavy atom. The molecule has 0 aliphatic rings. The molecular formula is C16H16N6S. The molecule has 0 saturated carbocycles. The molecule has 7 heteroatoms. The molecule has 0 aromatic carbocycles. The zero-order valence-corrected chi connectivity index (χ0v) is 14.0. The van der Waals surface area contributed by atoms with Crippen molar-refractivity contribution >= 4 is 23.2 Å². The van der Waals surface area contributed by atoms with Crippen LogP contribution >= 0.6 is 11.8 Å². The maximum absolute atomic E-state index is 4.70. The minimum Gasteiger partial charge on any atom is -0.307 e. The Hall–Kier alpha value is -2.41. The highest BCUT2D eigenvalue weighted by atomic mass is 32.2. The van der Waals surface area contributed by atoms with Crippen molar-refractivity contribution in [2.75, 3.05) is 0 Å². The van der Waals surface area contributed by atoms with Crippen LogP contribution in [-0.4, -0.2) is 29.0 Å². The summed E-state index contributed by atoms with van der Waals surface area (Å²) in [6, 6.07) is 6.14. The van der Waals surface area contributed by atoms with Crippen LogP contribution in [0, 0.1) is 20.8 Å². The van der Waals surface area contributed by atoms with E-state index in [0.29, 0.717) is 5.78 Å². The molecule has 0 spiro atoms. The molecule has 0 aliphatic carbocycles. The third-order valence-electron chi connectivity index (χ3n) is 3.74. The monoisotopic (exact) mass is 324 g/mol. The molecule has 0 amide bonds. The first-order chi connectivity index (χ1) is 11.1. The van der Waals surface area contributed by atoms with E-state index < -0.39 is 0 Å². The Kier molecular flexibility index (Phi) is 3.30. The lowest BCUT2D eigenvalue weighted by Crippen LogP contribution is -1.97. The van der Waals surface area contributed by atoms with Crippen LogP contribution in [0.5, 0.6) is 0 Å². The van der Waals surface area contributed by atoms with Gasteiger partial charge in [-0.3, -0.25) is 4.40 Å². The van der Waals surface area contributed by atoms with Crippen LogP contribution in [0.25, 0.3) is 11.4 Å². The van der Waals surface area contributed by atoms with Crippen molar-refractivity contribution in [3.8, 4) is 0 Å². The topological polar surface area (TPSA) is 60.4 Å². The zero-order chi connectivity index (χ0) is 16.0. The highest BCUT2D eigenvalue weighted by Gasteiger charge is 2.11. The van der Waals surface area contributed by atoms with Gasteiger partial charge in [-0.25, -0.2) is 9.97 Å². The molecule has 0 fully saturated rings. The van der Waals surface area contributed by atoms with Gasteiger partial charge in [-0.05, 0) is 38.5 Å². The molecule has 0 N–H and O–H groups in total. The number of pyridine rings is 1. The second kappa shape index (κ2) is 5.34. The Balaban J connectivity index is 1.64. The predicted molar refractivity (Wildman–Crippen MR) is 89.7 cm³/mol. The standard InChI is InChI=1S/C16H16N6S/c1-10-5-4-6-21-8-13(18-14(10)21)9-23-16-20-19-15-17-11(2)7-12(3)22(15)16/h4-8H,9H2,1-3H3. The summed E-state index contributed by atoms with van der Waals surface area (Å²) in [7, 11) is 0. The molecule has 0 radical (unpaired) electrons. The van der Waals surface area contributed by atoms with Crippen LogP contribution in [0.3, 0.4) is 0 Å². The number of rotatable bonds is 3. The van der Waals surface area contributed by atoms with Crippen LogP contribution in [-0.2, 0) is 5.75 Å². The minimum absolute atomic E-state index is 0.649. The van der Waals surface area contributed by atoms with Crippen molar-refractivity contribution < 1.29 is 0 Å².